The summed E-state index contributed by atoms with van der Waals surface area (Å²) in [6, 6.07) is 11.6. The molecule has 1 saturated heterocycles. The Labute approximate surface area is 140 Å². The number of amides is 1. The molecule has 4 nitrogen and oxygen atoms in total. The van der Waals surface area contributed by atoms with Gasteiger partial charge >= 0.3 is 0 Å². The van der Waals surface area contributed by atoms with Gasteiger partial charge in [0, 0.05) is 22.7 Å². The largest absolute Gasteiger partial charge is 0.376 e. The maximum Gasteiger partial charge on any atom is 0.242 e. The first-order valence-electron chi connectivity index (χ1n) is 7.83. The number of likely N-dealkylation sites (tertiary alicyclic amines) is 1. The molecule has 1 unspecified atom stereocenters. The summed E-state index contributed by atoms with van der Waals surface area (Å²) in [5.41, 5.74) is 1.54. The molecule has 1 aliphatic rings. The molecule has 1 aromatic carbocycles. The lowest BCUT2D eigenvalue weighted by Gasteiger charge is -2.24. The smallest absolute Gasteiger partial charge is 0.242 e. The Hall–Kier alpha value is -2.14. The Morgan fingerprint density at radius 2 is 2.04 bits per heavy atom. The highest BCUT2D eigenvalue weighted by molar-refractivity contribution is 7.10. The highest BCUT2D eigenvalue weighted by atomic mass is 32.1. The lowest BCUT2D eigenvalue weighted by atomic mass is 10.1. The number of thiophene rings is 1. The van der Waals surface area contributed by atoms with E-state index in [2.05, 4.69) is 16.8 Å². The van der Waals surface area contributed by atoms with Crippen LogP contribution < -0.4 is 5.32 Å². The second kappa shape index (κ2) is 6.96. The zero-order valence-electron chi connectivity index (χ0n) is 13.1. The standard InChI is InChI=1S/C18H20N2O2S/c1-13(21)14-6-8-15(9-7-14)19-12-18(22)20-10-2-4-16(20)17-5-3-11-23-17/h3,5-9,11,16,19H,2,4,10,12H2,1H3. The fourth-order valence-electron chi connectivity index (χ4n) is 2.94. The molecule has 1 aromatic heterocycles. The van der Waals surface area contributed by atoms with E-state index in [1.807, 2.05) is 23.1 Å². The van der Waals surface area contributed by atoms with Crippen molar-refractivity contribution in [2.24, 2.45) is 0 Å². The number of hydrogen-bond acceptors (Lipinski definition) is 4. The quantitative estimate of drug-likeness (QED) is 0.851. The topological polar surface area (TPSA) is 49.4 Å². The number of nitrogens with zero attached hydrogens (tertiary/aromatic N) is 1. The lowest BCUT2D eigenvalue weighted by molar-refractivity contribution is -0.130. The third kappa shape index (κ3) is 3.62. The van der Waals surface area contributed by atoms with E-state index in [1.54, 1.807) is 30.4 Å². The van der Waals surface area contributed by atoms with Crippen molar-refractivity contribution in [3.05, 3.63) is 52.2 Å². The molecular weight excluding hydrogens is 308 g/mol. The summed E-state index contributed by atoms with van der Waals surface area (Å²) in [4.78, 5) is 27.0. The van der Waals surface area contributed by atoms with Crippen LogP contribution in [0.2, 0.25) is 0 Å². The molecule has 5 heteroatoms. The van der Waals surface area contributed by atoms with Crippen molar-refractivity contribution in [2.75, 3.05) is 18.4 Å². The van der Waals surface area contributed by atoms with Gasteiger partial charge in [0.05, 0.1) is 12.6 Å². The maximum absolute atomic E-state index is 12.5. The van der Waals surface area contributed by atoms with Crippen molar-refractivity contribution in [1.82, 2.24) is 4.90 Å². The molecule has 0 radical (unpaired) electrons. The molecule has 23 heavy (non-hydrogen) atoms. The van der Waals surface area contributed by atoms with Crippen LogP contribution in [0.5, 0.6) is 0 Å². The monoisotopic (exact) mass is 328 g/mol. The molecule has 1 N–H and O–H groups in total. The molecule has 3 rings (SSSR count). The number of nitrogens with one attached hydrogen (secondary N) is 1. The van der Waals surface area contributed by atoms with Gasteiger partial charge in [-0.3, -0.25) is 9.59 Å². The minimum atomic E-state index is 0.0449. The van der Waals surface area contributed by atoms with Crippen molar-refractivity contribution in [3.8, 4) is 0 Å². The third-order valence-electron chi connectivity index (χ3n) is 4.18. The number of benzene rings is 1. The predicted octanol–water partition coefficient (Wildman–Crippen LogP) is 3.73. The number of hydrogen-bond donors (Lipinski definition) is 1. The molecule has 1 amide bonds. The summed E-state index contributed by atoms with van der Waals surface area (Å²) < 4.78 is 0. The molecule has 0 bridgehead atoms. The van der Waals surface area contributed by atoms with Crippen LogP contribution in [-0.4, -0.2) is 29.7 Å². The predicted molar refractivity (Wildman–Crippen MR) is 92.9 cm³/mol. The summed E-state index contributed by atoms with van der Waals surface area (Å²) in [6.45, 7) is 2.65. The summed E-state index contributed by atoms with van der Waals surface area (Å²) in [5, 5.41) is 5.21. The van der Waals surface area contributed by atoms with Gasteiger partial charge in [-0.15, -0.1) is 11.3 Å². The Morgan fingerprint density at radius 1 is 1.26 bits per heavy atom. The van der Waals surface area contributed by atoms with E-state index < -0.39 is 0 Å². The fraction of sp³-hybridized carbons (Fsp3) is 0.333. The molecule has 1 aliphatic heterocycles. The zero-order valence-corrected chi connectivity index (χ0v) is 13.9. The summed E-state index contributed by atoms with van der Waals surface area (Å²) in [6.07, 6.45) is 2.10. The van der Waals surface area contributed by atoms with Crippen LogP contribution in [0.3, 0.4) is 0 Å². The van der Waals surface area contributed by atoms with Crippen LogP contribution in [0.4, 0.5) is 5.69 Å². The van der Waals surface area contributed by atoms with E-state index in [1.165, 1.54) is 4.88 Å². The fourth-order valence-corrected chi connectivity index (χ4v) is 3.82. The van der Waals surface area contributed by atoms with Crippen LogP contribution in [0.15, 0.2) is 41.8 Å². The maximum atomic E-state index is 12.5. The highest BCUT2D eigenvalue weighted by Gasteiger charge is 2.30. The van der Waals surface area contributed by atoms with Crippen LogP contribution in [0.25, 0.3) is 0 Å². The first-order valence-corrected chi connectivity index (χ1v) is 8.71. The average molecular weight is 328 g/mol. The van der Waals surface area contributed by atoms with Crippen LogP contribution >= 0.6 is 11.3 Å². The first kappa shape index (κ1) is 15.7. The van der Waals surface area contributed by atoms with Crippen molar-refractivity contribution in [3.63, 3.8) is 0 Å². The second-order valence-electron chi connectivity index (χ2n) is 5.75. The minimum absolute atomic E-state index is 0.0449. The number of carbonyl (C=O) groups is 2. The lowest BCUT2D eigenvalue weighted by Crippen LogP contribution is -2.34. The first-order chi connectivity index (χ1) is 11.1. The van der Waals surface area contributed by atoms with Gasteiger partial charge in [-0.2, -0.15) is 0 Å². The van der Waals surface area contributed by atoms with Gasteiger partial charge in [0.25, 0.3) is 0 Å². The number of ketones is 1. The molecule has 2 heterocycles. The molecule has 0 saturated carbocycles. The van der Waals surface area contributed by atoms with Gasteiger partial charge in [-0.05, 0) is 55.5 Å². The van der Waals surface area contributed by atoms with E-state index >= 15 is 0 Å². The summed E-state index contributed by atoms with van der Waals surface area (Å²) >= 11 is 1.71. The Kier molecular flexibility index (Phi) is 4.76. The number of rotatable bonds is 5. The van der Waals surface area contributed by atoms with Gasteiger partial charge in [0.1, 0.15) is 0 Å². The average Bonchev–Trinajstić information content (AvgIpc) is 3.23. The molecule has 120 valence electrons. The van der Waals surface area contributed by atoms with Crippen LogP contribution in [0.1, 0.15) is 41.0 Å². The Morgan fingerprint density at radius 3 is 2.70 bits per heavy atom. The normalized spacial score (nSPS) is 17.3. The summed E-state index contributed by atoms with van der Waals surface area (Å²) in [7, 11) is 0. The molecule has 0 aliphatic carbocycles. The van der Waals surface area contributed by atoms with Gasteiger partial charge in [-0.1, -0.05) is 6.07 Å². The van der Waals surface area contributed by atoms with E-state index in [0.29, 0.717) is 5.56 Å². The van der Waals surface area contributed by atoms with Gasteiger partial charge in [0.15, 0.2) is 5.78 Å². The van der Waals surface area contributed by atoms with Crippen molar-refractivity contribution >= 4 is 28.7 Å². The van der Waals surface area contributed by atoms with Crippen molar-refractivity contribution in [2.45, 2.75) is 25.8 Å². The number of Topliss-reactive ketones (excluding diaryl/α,β-unsaturated/α-hetero) is 1. The van der Waals surface area contributed by atoms with Crippen LogP contribution in [0, 0.1) is 0 Å². The SMILES string of the molecule is CC(=O)c1ccc(NCC(=O)N2CCCC2c2cccs2)cc1. The van der Waals surface area contributed by atoms with Gasteiger partial charge in [0.2, 0.25) is 5.91 Å². The zero-order chi connectivity index (χ0) is 16.2. The molecule has 0 spiro atoms. The van der Waals surface area contributed by atoms with E-state index in [0.717, 1.165) is 25.1 Å². The van der Waals surface area contributed by atoms with E-state index in [4.69, 9.17) is 0 Å². The van der Waals surface area contributed by atoms with Crippen molar-refractivity contribution < 1.29 is 9.59 Å². The second-order valence-corrected chi connectivity index (χ2v) is 6.73. The van der Waals surface area contributed by atoms with Crippen LogP contribution in [-0.2, 0) is 4.79 Å². The number of anilines is 1. The van der Waals surface area contributed by atoms with Gasteiger partial charge < -0.3 is 10.2 Å². The van der Waals surface area contributed by atoms with E-state index in [9.17, 15) is 9.59 Å². The molecule has 1 atom stereocenters. The number of carbonyl (C=O) groups excluding carboxylic acids is 2. The molecule has 2 aromatic rings. The molecular formula is C18H20N2O2S. The molecule has 1 fully saturated rings. The van der Waals surface area contributed by atoms with E-state index in [-0.39, 0.29) is 24.3 Å². The minimum Gasteiger partial charge on any atom is -0.376 e. The Bertz CT molecular complexity index is 680. The third-order valence-corrected chi connectivity index (χ3v) is 5.15. The highest BCUT2D eigenvalue weighted by Crippen LogP contribution is 2.34. The van der Waals surface area contributed by atoms with Crippen molar-refractivity contribution in [1.29, 1.82) is 0 Å². The Balaban J connectivity index is 1.59. The summed E-state index contributed by atoms with van der Waals surface area (Å²) in [5.74, 6) is 0.167. The van der Waals surface area contributed by atoms with Gasteiger partial charge in [-0.25, -0.2) is 0 Å².